The van der Waals surface area contributed by atoms with Gasteiger partial charge in [0.15, 0.2) is 0 Å². The molecular weight excluding hydrogens is 194 g/mol. The lowest BCUT2D eigenvalue weighted by atomic mass is 10.3. The second kappa shape index (κ2) is 4.38. The monoisotopic (exact) mass is 207 g/mol. The molecule has 2 nitrogen and oxygen atoms in total. The first-order valence-electron chi connectivity index (χ1n) is 4.15. The number of alkyl halides is 1. The van der Waals surface area contributed by atoms with Gasteiger partial charge in [0.2, 0.25) is 5.91 Å². The Morgan fingerprint density at radius 1 is 1.75 bits per heavy atom. The predicted octanol–water partition coefficient (Wildman–Crippen LogP) is 1.58. The minimum absolute atomic E-state index is 0.0730. The van der Waals surface area contributed by atoms with Crippen LogP contribution in [-0.4, -0.2) is 40.3 Å². The lowest BCUT2D eigenvalue weighted by Gasteiger charge is -2.31. The van der Waals surface area contributed by atoms with Crippen molar-refractivity contribution in [3.8, 4) is 0 Å². The first-order chi connectivity index (χ1) is 5.61. The predicted molar refractivity (Wildman–Crippen MR) is 53.8 cm³/mol. The van der Waals surface area contributed by atoms with Gasteiger partial charge in [0.25, 0.3) is 0 Å². The fraction of sp³-hybridized carbons (Fsp3) is 0.875. The number of hydrogen-bond donors (Lipinski definition) is 0. The SMILES string of the molecule is CC1CN(C(=O)C(C)Cl)CCS1. The van der Waals surface area contributed by atoms with Crippen molar-refractivity contribution in [2.45, 2.75) is 24.5 Å². The van der Waals surface area contributed by atoms with Crippen LogP contribution in [0.4, 0.5) is 0 Å². The van der Waals surface area contributed by atoms with E-state index in [-0.39, 0.29) is 11.3 Å². The molecule has 0 aliphatic carbocycles. The average Bonchev–Trinajstić information content (AvgIpc) is 2.03. The molecule has 1 fully saturated rings. The second-order valence-electron chi connectivity index (χ2n) is 3.08. The number of amides is 1. The molecule has 0 aromatic carbocycles. The van der Waals surface area contributed by atoms with Gasteiger partial charge in [0, 0.05) is 24.1 Å². The average molecular weight is 208 g/mol. The van der Waals surface area contributed by atoms with Crippen molar-refractivity contribution in [2.75, 3.05) is 18.8 Å². The van der Waals surface area contributed by atoms with Crippen LogP contribution in [0.25, 0.3) is 0 Å². The third-order valence-corrected chi connectivity index (χ3v) is 3.22. The standard InChI is InChI=1S/C8H14ClNOS/c1-6-5-10(3-4-12-6)8(11)7(2)9/h6-7H,3-5H2,1-2H3. The van der Waals surface area contributed by atoms with Gasteiger partial charge >= 0.3 is 0 Å². The van der Waals surface area contributed by atoms with Crippen LogP contribution in [0.1, 0.15) is 13.8 Å². The highest BCUT2D eigenvalue weighted by atomic mass is 35.5. The Morgan fingerprint density at radius 2 is 2.42 bits per heavy atom. The Labute approximate surface area is 82.6 Å². The summed E-state index contributed by atoms with van der Waals surface area (Å²) in [4.78, 5) is 13.3. The minimum Gasteiger partial charge on any atom is -0.340 e. The zero-order valence-corrected chi connectivity index (χ0v) is 8.99. The summed E-state index contributed by atoms with van der Waals surface area (Å²) >= 11 is 7.63. The molecule has 4 heteroatoms. The number of carbonyl (C=O) groups is 1. The van der Waals surface area contributed by atoms with Crippen molar-refractivity contribution in [3.63, 3.8) is 0 Å². The largest absolute Gasteiger partial charge is 0.340 e. The van der Waals surface area contributed by atoms with E-state index in [2.05, 4.69) is 6.92 Å². The number of carbonyl (C=O) groups excluding carboxylic acids is 1. The molecule has 12 heavy (non-hydrogen) atoms. The first-order valence-corrected chi connectivity index (χ1v) is 5.64. The Morgan fingerprint density at radius 3 is 2.92 bits per heavy atom. The summed E-state index contributed by atoms with van der Waals surface area (Å²) in [5, 5.41) is 0.179. The third-order valence-electron chi connectivity index (χ3n) is 1.89. The highest BCUT2D eigenvalue weighted by Gasteiger charge is 2.23. The van der Waals surface area contributed by atoms with E-state index < -0.39 is 0 Å². The van der Waals surface area contributed by atoms with Crippen molar-refractivity contribution in [1.82, 2.24) is 4.90 Å². The van der Waals surface area contributed by atoms with Crippen molar-refractivity contribution >= 4 is 29.3 Å². The first kappa shape index (κ1) is 10.2. The smallest absolute Gasteiger partial charge is 0.240 e. The number of hydrogen-bond acceptors (Lipinski definition) is 2. The van der Waals surface area contributed by atoms with E-state index in [1.165, 1.54) is 0 Å². The highest BCUT2D eigenvalue weighted by molar-refractivity contribution is 7.99. The van der Waals surface area contributed by atoms with E-state index in [4.69, 9.17) is 11.6 Å². The van der Waals surface area contributed by atoms with Crippen LogP contribution in [0.15, 0.2) is 0 Å². The van der Waals surface area contributed by atoms with Crippen molar-refractivity contribution in [1.29, 1.82) is 0 Å². The van der Waals surface area contributed by atoms with Crippen LogP contribution in [0.3, 0.4) is 0 Å². The fourth-order valence-electron chi connectivity index (χ4n) is 1.27. The normalized spacial score (nSPS) is 26.9. The van der Waals surface area contributed by atoms with Crippen LogP contribution >= 0.6 is 23.4 Å². The molecule has 2 atom stereocenters. The van der Waals surface area contributed by atoms with Crippen LogP contribution in [0.2, 0.25) is 0 Å². The van der Waals surface area contributed by atoms with Crippen LogP contribution in [0.5, 0.6) is 0 Å². The molecule has 0 aromatic rings. The number of nitrogens with zero attached hydrogens (tertiary/aromatic N) is 1. The summed E-state index contributed by atoms with van der Waals surface area (Å²) < 4.78 is 0. The quantitative estimate of drug-likeness (QED) is 0.609. The molecule has 0 radical (unpaired) electrons. The molecule has 2 unspecified atom stereocenters. The van der Waals surface area contributed by atoms with Crippen molar-refractivity contribution in [2.24, 2.45) is 0 Å². The maximum Gasteiger partial charge on any atom is 0.240 e. The van der Waals surface area contributed by atoms with Gasteiger partial charge < -0.3 is 4.90 Å². The Bertz CT molecular complexity index is 174. The molecule has 0 saturated carbocycles. The zero-order chi connectivity index (χ0) is 9.14. The van der Waals surface area contributed by atoms with Crippen LogP contribution in [0, 0.1) is 0 Å². The summed E-state index contributed by atoms with van der Waals surface area (Å²) in [6.45, 7) is 5.57. The number of halogens is 1. The van der Waals surface area contributed by atoms with E-state index >= 15 is 0 Å². The fourth-order valence-corrected chi connectivity index (χ4v) is 2.42. The van der Waals surface area contributed by atoms with Gasteiger partial charge in [-0.1, -0.05) is 6.92 Å². The topological polar surface area (TPSA) is 20.3 Å². The van der Waals surface area contributed by atoms with E-state index in [9.17, 15) is 4.79 Å². The molecule has 0 aromatic heterocycles. The molecule has 1 amide bonds. The molecule has 0 bridgehead atoms. The van der Waals surface area contributed by atoms with Gasteiger partial charge in [0.05, 0.1) is 0 Å². The minimum atomic E-state index is -0.375. The van der Waals surface area contributed by atoms with Gasteiger partial charge in [-0.3, -0.25) is 4.79 Å². The Kier molecular flexibility index (Phi) is 3.72. The lowest BCUT2D eigenvalue weighted by molar-refractivity contribution is -0.130. The molecule has 1 saturated heterocycles. The van der Waals surface area contributed by atoms with E-state index in [0.29, 0.717) is 5.25 Å². The van der Waals surface area contributed by atoms with E-state index in [0.717, 1.165) is 18.8 Å². The molecular formula is C8H14ClNOS. The van der Waals surface area contributed by atoms with Crippen LogP contribution < -0.4 is 0 Å². The zero-order valence-electron chi connectivity index (χ0n) is 7.42. The van der Waals surface area contributed by atoms with Gasteiger partial charge in [0.1, 0.15) is 5.38 Å². The number of thioether (sulfide) groups is 1. The maximum absolute atomic E-state index is 11.4. The number of rotatable bonds is 1. The van der Waals surface area contributed by atoms with Crippen LogP contribution in [-0.2, 0) is 4.79 Å². The van der Waals surface area contributed by atoms with Gasteiger partial charge in [-0.15, -0.1) is 11.6 Å². The van der Waals surface area contributed by atoms with Gasteiger partial charge in [-0.2, -0.15) is 11.8 Å². The molecule has 70 valence electrons. The highest BCUT2D eigenvalue weighted by Crippen LogP contribution is 2.18. The Balaban J connectivity index is 2.46. The van der Waals surface area contributed by atoms with Crippen molar-refractivity contribution < 1.29 is 4.79 Å². The van der Waals surface area contributed by atoms with E-state index in [1.807, 2.05) is 16.7 Å². The summed E-state index contributed by atoms with van der Waals surface area (Å²) in [6, 6.07) is 0. The lowest BCUT2D eigenvalue weighted by Crippen LogP contribution is -2.43. The van der Waals surface area contributed by atoms with Gasteiger partial charge in [-0.05, 0) is 6.92 Å². The molecule has 1 rings (SSSR count). The summed E-state index contributed by atoms with van der Waals surface area (Å²) in [5.41, 5.74) is 0. The Hall–Kier alpha value is 0.110. The molecule has 0 N–H and O–H groups in total. The second-order valence-corrected chi connectivity index (χ2v) is 5.28. The maximum atomic E-state index is 11.4. The van der Waals surface area contributed by atoms with E-state index in [1.54, 1.807) is 6.92 Å². The third kappa shape index (κ3) is 2.56. The summed E-state index contributed by atoms with van der Waals surface area (Å²) in [5.74, 6) is 1.11. The van der Waals surface area contributed by atoms with Gasteiger partial charge in [-0.25, -0.2) is 0 Å². The molecule has 1 aliphatic rings. The molecule has 0 spiro atoms. The van der Waals surface area contributed by atoms with Crippen molar-refractivity contribution in [3.05, 3.63) is 0 Å². The summed E-state index contributed by atoms with van der Waals surface area (Å²) in [6.07, 6.45) is 0. The summed E-state index contributed by atoms with van der Waals surface area (Å²) in [7, 11) is 0. The molecule has 1 aliphatic heterocycles. The molecule has 1 heterocycles.